The van der Waals surface area contributed by atoms with Gasteiger partial charge in [-0.15, -0.1) is 11.3 Å². The number of hydrogen-bond acceptors (Lipinski definition) is 5. The van der Waals surface area contributed by atoms with Gasteiger partial charge in [0.15, 0.2) is 6.10 Å². The molecule has 2 aromatic rings. The number of benzene rings is 1. The molecule has 0 radical (unpaired) electrons. The predicted octanol–water partition coefficient (Wildman–Crippen LogP) is 4.40. The van der Waals surface area contributed by atoms with Gasteiger partial charge in [0.05, 0.1) is 12.2 Å². The van der Waals surface area contributed by atoms with Crippen molar-refractivity contribution < 1.29 is 19.1 Å². The van der Waals surface area contributed by atoms with Crippen LogP contribution in [0.4, 0.5) is 5.00 Å². The minimum absolute atomic E-state index is 0.271. The van der Waals surface area contributed by atoms with Gasteiger partial charge in [-0.2, -0.15) is 0 Å². The molecule has 1 N–H and O–H groups in total. The summed E-state index contributed by atoms with van der Waals surface area (Å²) in [6.07, 6.45) is 1.96. The van der Waals surface area contributed by atoms with E-state index in [0.29, 0.717) is 40.3 Å². The first-order valence-electron chi connectivity index (χ1n) is 8.61. The highest BCUT2D eigenvalue weighted by Gasteiger charge is 2.34. The zero-order valence-corrected chi connectivity index (χ0v) is 15.8. The second-order valence-corrected chi connectivity index (χ2v) is 7.76. The van der Waals surface area contributed by atoms with Crippen molar-refractivity contribution in [3.63, 3.8) is 0 Å². The van der Waals surface area contributed by atoms with Gasteiger partial charge in [0.25, 0.3) is 5.91 Å². The Morgan fingerprint density at radius 2 is 2.19 bits per heavy atom. The van der Waals surface area contributed by atoms with Crippen LogP contribution in [0.15, 0.2) is 23.6 Å². The lowest BCUT2D eigenvalue weighted by Crippen LogP contribution is -2.31. The van der Waals surface area contributed by atoms with E-state index in [1.165, 1.54) is 11.3 Å². The molecule has 1 aromatic heterocycles. The lowest BCUT2D eigenvalue weighted by atomic mass is 10.1. The van der Waals surface area contributed by atoms with E-state index in [-0.39, 0.29) is 11.9 Å². The third-order valence-corrected chi connectivity index (χ3v) is 5.69. The van der Waals surface area contributed by atoms with Gasteiger partial charge < -0.3 is 14.8 Å². The van der Waals surface area contributed by atoms with Crippen molar-refractivity contribution in [2.75, 3.05) is 11.9 Å². The molecule has 7 heteroatoms. The SMILES string of the molecule is CCOC(=O)c1c(C2CC2)csc1NC(=O)C1Cc2cc(Cl)ccc2O1. The second kappa shape index (κ2) is 6.93. The highest BCUT2D eigenvalue weighted by atomic mass is 35.5. The smallest absolute Gasteiger partial charge is 0.341 e. The molecule has 1 aliphatic carbocycles. The molecule has 0 bridgehead atoms. The highest BCUT2D eigenvalue weighted by molar-refractivity contribution is 7.15. The first-order chi connectivity index (χ1) is 12.6. The molecule has 1 aromatic carbocycles. The van der Waals surface area contributed by atoms with Gasteiger partial charge >= 0.3 is 5.97 Å². The van der Waals surface area contributed by atoms with Crippen molar-refractivity contribution in [1.82, 2.24) is 0 Å². The summed E-state index contributed by atoms with van der Waals surface area (Å²) in [5.74, 6) is 0.413. The van der Waals surface area contributed by atoms with E-state index in [4.69, 9.17) is 21.1 Å². The van der Waals surface area contributed by atoms with Crippen molar-refractivity contribution in [2.24, 2.45) is 0 Å². The summed E-state index contributed by atoms with van der Waals surface area (Å²) in [5.41, 5.74) is 2.38. The van der Waals surface area contributed by atoms with E-state index in [0.717, 1.165) is 24.0 Å². The number of fused-ring (bicyclic) bond motifs is 1. The molecule has 5 nitrogen and oxygen atoms in total. The van der Waals surface area contributed by atoms with Gasteiger partial charge in [0.2, 0.25) is 0 Å². The standard InChI is InChI=1S/C19H18ClNO4S/c1-2-24-19(23)16-13(10-3-4-10)9-26-18(16)21-17(22)15-8-11-7-12(20)5-6-14(11)25-15/h5-7,9-10,15H,2-4,8H2,1H3,(H,21,22). The number of amides is 1. The number of nitrogens with one attached hydrogen (secondary N) is 1. The maximum atomic E-state index is 12.7. The zero-order valence-electron chi connectivity index (χ0n) is 14.2. The van der Waals surface area contributed by atoms with Crippen molar-refractivity contribution in [2.45, 2.75) is 38.2 Å². The van der Waals surface area contributed by atoms with Gasteiger partial charge in [-0.25, -0.2) is 4.79 Å². The molecule has 1 atom stereocenters. The number of anilines is 1. The summed E-state index contributed by atoms with van der Waals surface area (Å²) in [4.78, 5) is 25.1. The average Bonchev–Trinajstić information content (AvgIpc) is 3.23. The molecule has 1 unspecified atom stereocenters. The fourth-order valence-electron chi connectivity index (χ4n) is 3.13. The Balaban J connectivity index is 1.52. The fourth-order valence-corrected chi connectivity index (χ4v) is 4.36. The number of carbonyl (C=O) groups is 2. The number of rotatable bonds is 5. The lowest BCUT2D eigenvalue weighted by Gasteiger charge is -2.12. The fraction of sp³-hybridized carbons (Fsp3) is 0.368. The molecular formula is C19H18ClNO4S. The molecule has 1 saturated carbocycles. The molecule has 2 aliphatic rings. The van der Waals surface area contributed by atoms with Gasteiger partial charge in [0.1, 0.15) is 10.8 Å². The van der Waals surface area contributed by atoms with Crippen LogP contribution in [0.2, 0.25) is 5.02 Å². The number of hydrogen-bond donors (Lipinski definition) is 1. The Hall–Kier alpha value is -2.05. The maximum absolute atomic E-state index is 12.7. The first kappa shape index (κ1) is 17.4. The third-order valence-electron chi connectivity index (χ3n) is 4.54. The van der Waals surface area contributed by atoms with Crippen LogP contribution < -0.4 is 10.1 Å². The summed E-state index contributed by atoms with van der Waals surface area (Å²) in [5, 5.41) is 5.96. The van der Waals surface area contributed by atoms with Crippen molar-refractivity contribution in [1.29, 1.82) is 0 Å². The Bertz CT molecular complexity index is 874. The van der Waals surface area contributed by atoms with E-state index in [1.54, 1.807) is 19.1 Å². The van der Waals surface area contributed by atoms with Gasteiger partial charge in [0, 0.05) is 11.4 Å². The quantitative estimate of drug-likeness (QED) is 0.767. The maximum Gasteiger partial charge on any atom is 0.341 e. The molecule has 136 valence electrons. The second-order valence-electron chi connectivity index (χ2n) is 6.44. The molecule has 1 aliphatic heterocycles. The number of halogens is 1. The molecular weight excluding hydrogens is 374 g/mol. The Morgan fingerprint density at radius 1 is 1.38 bits per heavy atom. The number of thiophene rings is 1. The van der Waals surface area contributed by atoms with Crippen LogP contribution in [0.1, 0.15) is 47.2 Å². The molecule has 2 heterocycles. The van der Waals surface area contributed by atoms with Crippen LogP contribution in [0.25, 0.3) is 0 Å². The van der Waals surface area contributed by atoms with E-state index < -0.39 is 6.10 Å². The molecule has 0 spiro atoms. The molecule has 1 fully saturated rings. The van der Waals surface area contributed by atoms with E-state index in [2.05, 4.69) is 5.32 Å². The Morgan fingerprint density at radius 3 is 2.92 bits per heavy atom. The molecule has 1 amide bonds. The van der Waals surface area contributed by atoms with Crippen LogP contribution in [0.5, 0.6) is 5.75 Å². The minimum atomic E-state index is -0.634. The van der Waals surface area contributed by atoms with Gasteiger partial charge in [-0.3, -0.25) is 4.79 Å². The summed E-state index contributed by atoms with van der Waals surface area (Å²) < 4.78 is 10.9. The zero-order chi connectivity index (χ0) is 18.3. The summed E-state index contributed by atoms with van der Waals surface area (Å²) in [6, 6.07) is 5.32. The number of ether oxygens (including phenoxy) is 2. The normalized spacial score (nSPS) is 18.2. The number of carbonyl (C=O) groups excluding carboxylic acids is 2. The third kappa shape index (κ3) is 3.31. The number of esters is 1. The predicted molar refractivity (Wildman–Crippen MR) is 100 cm³/mol. The average molecular weight is 392 g/mol. The van der Waals surface area contributed by atoms with Crippen molar-refractivity contribution in [3.8, 4) is 5.75 Å². The van der Waals surface area contributed by atoms with Crippen LogP contribution in [-0.4, -0.2) is 24.6 Å². The Kier molecular flexibility index (Phi) is 4.63. The largest absolute Gasteiger partial charge is 0.480 e. The van der Waals surface area contributed by atoms with Crippen LogP contribution >= 0.6 is 22.9 Å². The van der Waals surface area contributed by atoms with E-state index in [1.807, 2.05) is 11.4 Å². The van der Waals surface area contributed by atoms with E-state index in [9.17, 15) is 9.59 Å². The summed E-state index contributed by atoms with van der Waals surface area (Å²) in [6.45, 7) is 2.07. The summed E-state index contributed by atoms with van der Waals surface area (Å²) in [7, 11) is 0. The topological polar surface area (TPSA) is 64.6 Å². The summed E-state index contributed by atoms with van der Waals surface area (Å²) >= 11 is 7.36. The van der Waals surface area contributed by atoms with Crippen molar-refractivity contribution in [3.05, 3.63) is 45.3 Å². The van der Waals surface area contributed by atoms with Gasteiger partial charge in [-0.1, -0.05) is 11.6 Å². The molecule has 26 heavy (non-hydrogen) atoms. The highest BCUT2D eigenvalue weighted by Crippen LogP contribution is 2.46. The lowest BCUT2D eigenvalue weighted by molar-refractivity contribution is -0.122. The monoisotopic (exact) mass is 391 g/mol. The minimum Gasteiger partial charge on any atom is -0.480 e. The first-order valence-corrected chi connectivity index (χ1v) is 9.87. The van der Waals surface area contributed by atoms with E-state index >= 15 is 0 Å². The van der Waals surface area contributed by atoms with Crippen LogP contribution in [0, 0.1) is 0 Å². The van der Waals surface area contributed by atoms with Crippen LogP contribution in [-0.2, 0) is 16.0 Å². The Labute approximate surface area is 160 Å². The molecule has 4 rings (SSSR count). The van der Waals surface area contributed by atoms with Crippen molar-refractivity contribution >= 4 is 39.8 Å². The molecule has 0 saturated heterocycles. The van der Waals surface area contributed by atoms with Gasteiger partial charge in [-0.05, 0) is 60.4 Å². The van der Waals surface area contributed by atoms with Crippen LogP contribution in [0.3, 0.4) is 0 Å².